The van der Waals surface area contributed by atoms with Crippen molar-refractivity contribution in [1.82, 2.24) is 9.47 Å². The highest BCUT2D eigenvalue weighted by atomic mass is 35.5. The highest BCUT2D eigenvalue weighted by molar-refractivity contribution is 8.18. The van der Waals surface area contributed by atoms with Gasteiger partial charge in [-0.3, -0.25) is 14.5 Å². The Morgan fingerprint density at radius 1 is 0.838 bits per heavy atom. The lowest BCUT2D eigenvalue weighted by Gasteiger charge is -2.13. The second kappa shape index (κ2) is 9.58. The minimum absolute atomic E-state index is 0.248. The topological polar surface area (TPSA) is 42.3 Å². The zero-order chi connectivity index (χ0) is 25.5. The molecule has 0 saturated carbocycles. The van der Waals surface area contributed by atoms with E-state index in [4.69, 9.17) is 11.6 Å². The second-order valence-electron chi connectivity index (χ2n) is 9.14. The standard InChI is InChI=1S/C31H23ClN2O2S/c1-20-26(25-11-5-7-13-28(25)33(20)19-24-10-4-6-12-27(24)32)17-29-30(35)34(31(36)37-29)18-21-14-15-22-8-2-3-9-23(22)16-21/h2-17H,18-19H2,1H3/b29-17-. The van der Waals surface area contributed by atoms with Crippen LogP contribution < -0.4 is 0 Å². The van der Waals surface area contributed by atoms with Gasteiger partial charge in [0.05, 0.1) is 11.4 Å². The number of carbonyl (C=O) groups is 2. The number of amides is 2. The summed E-state index contributed by atoms with van der Waals surface area (Å²) in [5, 5.41) is 3.72. The molecule has 6 rings (SSSR count). The van der Waals surface area contributed by atoms with E-state index >= 15 is 0 Å². The van der Waals surface area contributed by atoms with E-state index in [1.165, 1.54) is 4.90 Å². The largest absolute Gasteiger partial charge is 0.340 e. The summed E-state index contributed by atoms with van der Waals surface area (Å²) in [7, 11) is 0. The smallest absolute Gasteiger partial charge is 0.293 e. The number of nitrogens with zero attached hydrogens (tertiary/aromatic N) is 2. The molecule has 1 aliphatic rings. The molecule has 1 aromatic heterocycles. The van der Waals surface area contributed by atoms with Gasteiger partial charge in [-0.2, -0.15) is 0 Å². The summed E-state index contributed by atoms with van der Waals surface area (Å²) in [6, 6.07) is 30.0. The number of hydrogen-bond acceptors (Lipinski definition) is 3. The van der Waals surface area contributed by atoms with Gasteiger partial charge in [-0.1, -0.05) is 84.4 Å². The van der Waals surface area contributed by atoms with Crippen LogP contribution in [-0.4, -0.2) is 20.6 Å². The Hall–Kier alpha value is -3.80. The van der Waals surface area contributed by atoms with Crippen molar-refractivity contribution in [3.05, 3.63) is 123 Å². The van der Waals surface area contributed by atoms with Crippen molar-refractivity contribution in [3.8, 4) is 0 Å². The number of hydrogen-bond donors (Lipinski definition) is 0. The van der Waals surface area contributed by atoms with E-state index in [9.17, 15) is 9.59 Å². The van der Waals surface area contributed by atoms with Gasteiger partial charge in [-0.15, -0.1) is 0 Å². The first-order valence-electron chi connectivity index (χ1n) is 12.0. The molecule has 0 aliphatic carbocycles. The molecule has 0 bridgehead atoms. The number of benzene rings is 4. The Labute approximate surface area is 224 Å². The second-order valence-corrected chi connectivity index (χ2v) is 10.5. The number of aromatic nitrogens is 1. The molecule has 4 nitrogen and oxygen atoms in total. The SMILES string of the molecule is Cc1c(/C=C2\SC(=O)N(Cc3ccc4ccccc4c3)C2=O)c2ccccc2n1Cc1ccccc1Cl. The van der Waals surface area contributed by atoms with E-state index in [1.807, 2.05) is 91.9 Å². The van der Waals surface area contributed by atoms with Crippen molar-refractivity contribution in [3.63, 3.8) is 0 Å². The predicted molar refractivity (Wildman–Crippen MR) is 153 cm³/mol. The molecule has 4 aromatic carbocycles. The Balaban J connectivity index is 1.34. The number of halogens is 1. The molecule has 6 heteroatoms. The third-order valence-electron chi connectivity index (χ3n) is 6.87. The Kier molecular flexibility index (Phi) is 6.11. The van der Waals surface area contributed by atoms with Gasteiger partial charge in [0.2, 0.25) is 0 Å². The van der Waals surface area contributed by atoms with Crippen molar-refractivity contribution in [2.24, 2.45) is 0 Å². The number of thioether (sulfide) groups is 1. The van der Waals surface area contributed by atoms with Gasteiger partial charge < -0.3 is 4.57 Å². The van der Waals surface area contributed by atoms with Crippen LogP contribution in [0.3, 0.4) is 0 Å². The maximum atomic E-state index is 13.4. The fourth-order valence-electron chi connectivity index (χ4n) is 4.93. The molecule has 1 saturated heterocycles. The third kappa shape index (κ3) is 4.35. The molecule has 5 aromatic rings. The monoisotopic (exact) mass is 522 g/mol. The normalized spacial score (nSPS) is 15.0. The summed E-state index contributed by atoms with van der Waals surface area (Å²) >= 11 is 7.46. The molecule has 1 fully saturated rings. The minimum Gasteiger partial charge on any atom is -0.340 e. The predicted octanol–water partition coefficient (Wildman–Crippen LogP) is 8.04. The fourth-order valence-corrected chi connectivity index (χ4v) is 5.94. The lowest BCUT2D eigenvalue weighted by molar-refractivity contribution is -0.123. The van der Waals surface area contributed by atoms with E-state index in [-0.39, 0.29) is 17.7 Å². The maximum Gasteiger partial charge on any atom is 0.293 e. The van der Waals surface area contributed by atoms with Crippen molar-refractivity contribution in [2.75, 3.05) is 0 Å². The Bertz CT molecular complexity index is 1740. The zero-order valence-electron chi connectivity index (χ0n) is 20.1. The first kappa shape index (κ1) is 23.6. The molecule has 0 unspecified atom stereocenters. The van der Waals surface area contributed by atoms with Crippen LogP contribution in [0.15, 0.2) is 95.9 Å². The van der Waals surface area contributed by atoms with Crippen molar-refractivity contribution < 1.29 is 9.59 Å². The minimum atomic E-state index is -0.259. The van der Waals surface area contributed by atoms with Crippen molar-refractivity contribution in [1.29, 1.82) is 0 Å². The Morgan fingerprint density at radius 3 is 2.41 bits per heavy atom. The van der Waals surface area contributed by atoms with Gasteiger partial charge in [0.15, 0.2) is 0 Å². The fraction of sp³-hybridized carbons (Fsp3) is 0.0968. The first-order chi connectivity index (χ1) is 18.0. The van der Waals surface area contributed by atoms with E-state index in [0.717, 1.165) is 60.8 Å². The van der Waals surface area contributed by atoms with Crippen LogP contribution in [0.4, 0.5) is 4.79 Å². The van der Waals surface area contributed by atoms with Crippen molar-refractivity contribution in [2.45, 2.75) is 20.0 Å². The molecular weight excluding hydrogens is 500 g/mol. The number of carbonyl (C=O) groups excluding carboxylic acids is 2. The van der Waals surface area contributed by atoms with Gasteiger partial charge in [0.1, 0.15) is 0 Å². The zero-order valence-corrected chi connectivity index (χ0v) is 21.7. The van der Waals surface area contributed by atoms with Crippen LogP contribution >= 0.6 is 23.4 Å². The summed E-state index contributed by atoms with van der Waals surface area (Å²) in [5.41, 5.74) is 4.97. The molecule has 0 atom stereocenters. The molecule has 1 aliphatic heterocycles. The van der Waals surface area contributed by atoms with Crippen LogP contribution in [0.5, 0.6) is 0 Å². The van der Waals surface area contributed by atoms with E-state index in [1.54, 1.807) is 0 Å². The maximum absolute atomic E-state index is 13.4. The van der Waals surface area contributed by atoms with E-state index < -0.39 is 0 Å². The molecular formula is C31H23ClN2O2S. The van der Waals surface area contributed by atoms with Gasteiger partial charge in [0.25, 0.3) is 11.1 Å². The summed E-state index contributed by atoms with van der Waals surface area (Å²) in [6.07, 6.45) is 1.87. The van der Waals surface area contributed by atoms with Crippen LogP contribution in [-0.2, 0) is 17.9 Å². The third-order valence-corrected chi connectivity index (χ3v) is 8.15. The van der Waals surface area contributed by atoms with E-state index in [0.29, 0.717) is 11.4 Å². The van der Waals surface area contributed by atoms with Crippen LogP contribution in [0.2, 0.25) is 5.02 Å². The molecule has 37 heavy (non-hydrogen) atoms. The average molecular weight is 523 g/mol. The molecule has 2 amide bonds. The van der Waals surface area contributed by atoms with Gasteiger partial charge in [-0.05, 0) is 64.9 Å². The van der Waals surface area contributed by atoms with Crippen molar-refractivity contribution >= 4 is 62.3 Å². The average Bonchev–Trinajstić information content (AvgIpc) is 3.33. The molecule has 0 N–H and O–H groups in total. The number of rotatable bonds is 5. The summed E-state index contributed by atoms with van der Waals surface area (Å²) in [5.74, 6) is -0.259. The van der Waals surface area contributed by atoms with E-state index in [2.05, 4.69) is 16.7 Å². The molecule has 2 heterocycles. The Morgan fingerprint density at radius 2 is 1.57 bits per heavy atom. The summed E-state index contributed by atoms with van der Waals surface area (Å²) in [6.45, 7) is 2.91. The molecule has 182 valence electrons. The van der Waals surface area contributed by atoms with Crippen LogP contribution in [0.25, 0.3) is 27.8 Å². The highest BCUT2D eigenvalue weighted by Gasteiger charge is 2.35. The molecule has 0 spiro atoms. The summed E-state index contributed by atoms with van der Waals surface area (Å²) in [4.78, 5) is 28.0. The van der Waals surface area contributed by atoms with Crippen LogP contribution in [0.1, 0.15) is 22.4 Å². The number of para-hydroxylation sites is 1. The number of fused-ring (bicyclic) bond motifs is 2. The van der Waals surface area contributed by atoms with Gasteiger partial charge in [-0.25, -0.2) is 0 Å². The van der Waals surface area contributed by atoms with Crippen LogP contribution in [0, 0.1) is 6.92 Å². The quantitative estimate of drug-likeness (QED) is 0.219. The number of imide groups is 1. The molecule has 0 radical (unpaired) electrons. The highest BCUT2D eigenvalue weighted by Crippen LogP contribution is 2.37. The lowest BCUT2D eigenvalue weighted by Crippen LogP contribution is -2.27. The van der Waals surface area contributed by atoms with Gasteiger partial charge in [0, 0.05) is 33.7 Å². The van der Waals surface area contributed by atoms with Gasteiger partial charge >= 0.3 is 0 Å². The lowest BCUT2D eigenvalue weighted by atomic mass is 10.1. The summed E-state index contributed by atoms with van der Waals surface area (Å²) < 4.78 is 2.21. The first-order valence-corrected chi connectivity index (χ1v) is 13.2.